The number of nitrogens with zero attached hydrogens (tertiary/aromatic N) is 2. The maximum Gasteiger partial charge on any atom is 0.280 e. The van der Waals surface area contributed by atoms with Gasteiger partial charge in [0, 0.05) is 24.2 Å². The van der Waals surface area contributed by atoms with Crippen LogP contribution in [0.25, 0.3) is 11.4 Å². The van der Waals surface area contributed by atoms with Crippen LogP contribution < -0.4 is 11.3 Å². The summed E-state index contributed by atoms with van der Waals surface area (Å²) in [6.07, 6.45) is 0.442. The number of benzene rings is 1. The largest absolute Gasteiger partial charge is 0.330 e. The predicted octanol–water partition coefficient (Wildman–Crippen LogP) is 0.846. The third-order valence-electron chi connectivity index (χ3n) is 2.55. The summed E-state index contributed by atoms with van der Waals surface area (Å²) in [5, 5.41) is 11.0. The van der Waals surface area contributed by atoms with Gasteiger partial charge in [-0.3, -0.25) is 14.9 Å². The highest BCUT2D eigenvalue weighted by Crippen LogP contribution is 2.25. The molecule has 1 aromatic heterocycles. The number of nitrogens with two attached hydrogens (primary N) is 1. The molecule has 7 nitrogen and oxygen atoms in total. The SMILES string of the molecule is NCCc1cc(=O)[nH]c(-c2ccccc2[N+](=O)[O-])n1. The van der Waals surface area contributed by atoms with Gasteiger partial charge in [-0.15, -0.1) is 0 Å². The first-order chi connectivity index (χ1) is 9.11. The van der Waals surface area contributed by atoms with Crippen molar-refractivity contribution < 1.29 is 4.92 Å². The number of aromatic nitrogens is 2. The number of hydrogen-bond donors (Lipinski definition) is 2. The van der Waals surface area contributed by atoms with Gasteiger partial charge in [0.1, 0.15) is 5.82 Å². The van der Waals surface area contributed by atoms with Gasteiger partial charge in [-0.2, -0.15) is 0 Å². The van der Waals surface area contributed by atoms with Crippen molar-refractivity contribution in [2.24, 2.45) is 5.73 Å². The average Bonchev–Trinajstić information content (AvgIpc) is 2.38. The van der Waals surface area contributed by atoms with Gasteiger partial charge in [0.05, 0.1) is 10.5 Å². The molecule has 0 atom stereocenters. The fourth-order valence-electron chi connectivity index (χ4n) is 1.74. The van der Waals surface area contributed by atoms with Crippen molar-refractivity contribution in [3.63, 3.8) is 0 Å². The van der Waals surface area contributed by atoms with E-state index in [4.69, 9.17) is 5.73 Å². The van der Waals surface area contributed by atoms with E-state index in [0.29, 0.717) is 18.7 Å². The Hall–Kier alpha value is -2.54. The average molecular weight is 260 g/mol. The van der Waals surface area contributed by atoms with Crippen LogP contribution in [-0.4, -0.2) is 21.4 Å². The monoisotopic (exact) mass is 260 g/mol. The molecule has 0 amide bonds. The van der Waals surface area contributed by atoms with Crippen LogP contribution in [0.15, 0.2) is 35.1 Å². The van der Waals surface area contributed by atoms with Crippen molar-refractivity contribution >= 4 is 5.69 Å². The number of nitro benzene ring substituents is 1. The number of H-pyrrole nitrogens is 1. The van der Waals surface area contributed by atoms with E-state index >= 15 is 0 Å². The minimum absolute atomic E-state index is 0.101. The zero-order chi connectivity index (χ0) is 13.8. The molecule has 0 aliphatic carbocycles. The molecule has 0 spiro atoms. The molecular weight excluding hydrogens is 248 g/mol. The Morgan fingerprint density at radius 2 is 2.11 bits per heavy atom. The van der Waals surface area contributed by atoms with Crippen molar-refractivity contribution in [1.82, 2.24) is 9.97 Å². The summed E-state index contributed by atoms with van der Waals surface area (Å²) in [6.45, 7) is 0.354. The van der Waals surface area contributed by atoms with Gasteiger partial charge in [-0.25, -0.2) is 4.98 Å². The molecule has 0 radical (unpaired) electrons. The number of aromatic amines is 1. The van der Waals surface area contributed by atoms with Gasteiger partial charge < -0.3 is 10.7 Å². The zero-order valence-electron chi connectivity index (χ0n) is 10.00. The lowest BCUT2D eigenvalue weighted by Gasteiger charge is -2.04. The van der Waals surface area contributed by atoms with Crippen LogP contribution in [0.5, 0.6) is 0 Å². The molecule has 0 aliphatic heterocycles. The van der Waals surface area contributed by atoms with Crippen LogP contribution in [0.3, 0.4) is 0 Å². The number of hydrogen-bond acceptors (Lipinski definition) is 5. The first-order valence-electron chi connectivity index (χ1n) is 5.66. The van der Waals surface area contributed by atoms with Crippen LogP contribution in [0.4, 0.5) is 5.69 Å². The molecule has 0 aliphatic rings. The summed E-state index contributed by atoms with van der Waals surface area (Å²) >= 11 is 0. The molecule has 1 heterocycles. The Morgan fingerprint density at radius 3 is 2.79 bits per heavy atom. The van der Waals surface area contributed by atoms with Crippen molar-refractivity contribution in [3.05, 3.63) is 56.5 Å². The topological polar surface area (TPSA) is 115 Å². The van der Waals surface area contributed by atoms with E-state index < -0.39 is 4.92 Å². The Morgan fingerprint density at radius 1 is 1.37 bits per heavy atom. The zero-order valence-corrected chi connectivity index (χ0v) is 10.00. The Labute approximate surface area is 108 Å². The van der Waals surface area contributed by atoms with Gasteiger partial charge in [-0.1, -0.05) is 12.1 Å². The van der Waals surface area contributed by atoms with Crippen LogP contribution in [-0.2, 0) is 6.42 Å². The van der Waals surface area contributed by atoms with E-state index in [1.807, 2.05) is 0 Å². The molecular formula is C12H12N4O3. The van der Waals surface area contributed by atoms with Crippen molar-refractivity contribution in [3.8, 4) is 11.4 Å². The predicted molar refractivity (Wildman–Crippen MR) is 69.7 cm³/mol. The molecule has 0 fully saturated rings. The molecule has 3 N–H and O–H groups in total. The number of nitrogens with one attached hydrogen (secondary N) is 1. The summed E-state index contributed by atoms with van der Waals surface area (Å²) in [7, 11) is 0. The molecule has 0 bridgehead atoms. The minimum Gasteiger partial charge on any atom is -0.330 e. The highest BCUT2D eigenvalue weighted by atomic mass is 16.6. The number of rotatable bonds is 4. The third kappa shape index (κ3) is 2.83. The molecule has 1 aromatic carbocycles. The maximum absolute atomic E-state index is 11.5. The van der Waals surface area contributed by atoms with E-state index in [1.54, 1.807) is 18.2 Å². The molecule has 2 aromatic rings. The van der Waals surface area contributed by atoms with Crippen LogP contribution in [0.1, 0.15) is 5.69 Å². The second-order valence-corrected chi connectivity index (χ2v) is 3.90. The lowest BCUT2D eigenvalue weighted by molar-refractivity contribution is -0.384. The van der Waals surface area contributed by atoms with Crippen molar-refractivity contribution in [1.29, 1.82) is 0 Å². The summed E-state index contributed by atoms with van der Waals surface area (Å²) in [6, 6.07) is 7.46. The molecule has 0 unspecified atom stereocenters. The quantitative estimate of drug-likeness (QED) is 0.624. The van der Waals surface area contributed by atoms with E-state index in [-0.39, 0.29) is 22.6 Å². The lowest BCUT2D eigenvalue weighted by atomic mass is 10.1. The summed E-state index contributed by atoms with van der Waals surface area (Å²) in [4.78, 5) is 28.7. The Bertz CT molecular complexity index is 666. The van der Waals surface area contributed by atoms with E-state index in [1.165, 1.54) is 12.1 Å². The third-order valence-corrected chi connectivity index (χ3v) is 2.55. The molecule has 7 heteroatoms. The molecule has 98 valence electrons. The van der Waals surface area contributed by atoms with Crippen LogP contribution in [0, 0.1) is 10.1 Å². The van der Waals surface area contributed by atoms with Gasteiger partial charge in [0.25, 0.3) is 11.2 Å². The first-order valence-corrected chi connectivity index (χ1v) is 5.66. The second-order valence-electron chi connectivity index (χ2n) is 3.90. The molecule has 2 rings (SSSR count). The van der Waals surface area contributed by atoms with Crippen molar-refractivity contribution in [2.45, 2.75) is 6.42 Å². The maximum atomic E-state index is 11.5. The van der Waals surface area contributed by atoms with Crippen LogP contribution >= 0.6 is 0 Å². The van der Waals surface area contributed by atoms with Gasteiger partial charge >= 0.3 is 0 Å². The smallest absolute Gasteiger partial charge is 0.280 e. The second kappa shape index (κ2) is 5.40. The van der Waals surface area contributed by atoms with Gasteiger partial charge in [0.2, 0.25) is 0 Å². The highest BCUT2D eigenvalue weighted by Gasteiger charge is 2.16. The van der Waals surface area contributed by atoms with E-state index in [2.05, 4.69) is 9.97 Å². The molecule has 19 heavy (non-hydrogen) atoms. The van der Waals surface area contributed by atoms with Gasteiger partial charge in [0.15, 0.2) is 0 Å². The Balaban J connectivity index is 2.59. The normalized spacial score (nSPS) is 10.4. The number of para-hydroxylation sites is 1. The summed E-state index contributed by atoms with van der Waals surface area (Å²) < 4.78 is 0. The summed E-state index contributed by atoms with van der Waals surface area (Å²) in [5.41, 5.74) is 5.76. The first kappa shape index (κ1) is 12.9. The number of nitro groups is 1. The fraction of sp³-hybridized carbons (Fsp3) is 0.167. The van der Waals surface area contributed by atoms with Crippen LogP contribution in [0.2, 0.25) is 0 Å². The highest BCUT2D eigenvalue weighted by molar-refractivity contribution is 5.67. The lowest BCUT2D eigenvalue weighted by Crippen LogP contribution is -2.13. The minimum atomic E-state index is -0.509. The van der Waals surface area contributed by atoms with Crippen molar-refractivity contribution in [2.75, 3.05) is 6.54 Å². The van der Waals surface area contributed by atoms with E-state index in [9.17, 15) is 14.9 Å². The molecule has 0 saturated carbocycles. The standard InChI is InChI=1S/C12H12N4O3/c13-6-5-8-7-11(17)15-12(14-8)9-3-1-2-4-10(9)16(18)19/h1-4,7H,5-6,13H2,(H,14,15,17). The molecule has 0 saturated heterocycles. The van der Waals surface area contributed by atoms with E-state index in [0.717, 1.165) is 0 Å². The Kier molecular flexibility index (Phi) is 3.67. The van der Waals surface area contributed by atoms with Gasteiger partial charge in [-0.05, 0) is 12.6 Å². The summed E-state index contributed by atoms with van der Waals surface area (Å²) in [5.74, 6) is 0.184. The fourth-order valence-corrected chi connectivity index (χ4v) is 1.74.